The van der Waals surface area contributed by atoms with Gasteiger partial charge in [0.25, 0.3) is 0 Å². The van der Waals surface area contributed by atoms with Gasteiger partial charge in [-0.05, 0) is 26.7 Å². The topological polar surface area (TPSA) is 75.1 Å². The van der Waals surface area contributed by atoms with Crippen LogP contribution in [0.15, 0.2) is 11.2 Å². The Morgan fingerprint density at radius 2 is 1.93 bits per heavy atom. The maximum absolute atomic E-state index is 5.88. The van der Waals surface area contributed by atoms with Gasteiger partial charge >= 0.3 is 6.01 Å². The highest BCUT2D eigenvalue weighted by Gasteiger charge is 2.13. The third-order valence-electron chi connectivity index (χ3n) is 4.14. The molecule has 152 valence electrons. The molecule has 1 N–H and O–H groups in total. The van der Waals surface area contributed by atoms with E-state index < -0.39 is 0 Å². The summed E-state index contributed by atoms with van der Waals surface area (Å²) in [5, 5.41) is 4.26. The molecule has 0 bridgehead atoms. The lowest BCUT2D eigenvalue weighted by Gasteiger charge is -2.26. The number of aromatic nitrogens is 2. The second kappa shape index (κ2) is 11.7. The summed E-state index contributed by atoms with van der Waals surface area (Å²) in [6, 6.07) is 2.33. The van der Waals surface area contributed by atoms with Crippen molar-refractivity contribution in [2.75, 3.05) is 62.9 Å². The van der Waals surface area contributed by atoms with Gasteiger partial charge in [-0.1, -0.05) is 13.8 Å². The Hall–Kier alpha value is -1.93. The Kier molecular flexibility index (Phi) is 9.27. The number of rotatable bonds is 11. The van der Waals surface area contributed by atoms with Crippen LogP contribution in [0.4, 0.5) is 11.6 Å². The highest BCUT2D eigenvalue weighted by atomic mass is 16.5. The zero-order valence-corrected chi connectivity index (χ0v) is 17.2. The van der Waals surface area contributed by atoms with Crippen molar-refractivity contribution in [2.24, 2.45) is 5.10 Å². The van der Waals surface area contributed by atoms with E-state index in [2.05, 4.69) is 44.1 Å². The van der Waals surface area contributed by atoms with Gasteiger partial charge in [-0.2, -0.15) is 15.1 Å². The number of ether oxygens (including phenoxy) is 2. The van der Waals surface area contributed by atoms with E-state index in [9.17, 15) is 0 Å². The van der Waals surface area contributed by atoms with Gasteiger partial charge in [0.1, 0.15) is 12.4 Å². The summed E-state index contributed by atoms with van der Waals surface area (Å²) in [4.78, 5) is 13.7. The predicted molar refractivity (Wildman–Crippen MR) is 110 cm³/mol. The summed E-state index contributed by atoms with van der Waals surface area (Å²) >= 11 is 0. The van der Waals surface area contributed by atoms with E-state index in [0.29, 0.717) is 18.4 Å². The lowest BCUT2D eigenvalue weighted by Crippen LogP contribution is -2.38. The molecule has 2 heterocycles. The van der Waals surface area contributed by atoms with Crippen molar-refractivity contribution in [1.82, 2.24) is 14.9 Å². The number of nitrogens with one attached hydrogen (secondary N) is 1. The van der Waals surface area contributed by atoms with Crippen molar-refractivity contribution >= 4 is 17.3 Å². The normalized spacial score (nSPS) is 14.7. The molecule has 27 heavy (non-hydrogen) atoms. The van der Waals surface area contributed by atoms with E-state index in [0.717, 1.165) is 70.3 Å². The fourth-order valence-electron chi connectivity index (χ4n) is 2.84. The van der Waals surface area contributed by atoms with E-state index in [1.807, 2.05) is 19.9 Å². The van der Waals surface area contributed by atoms with Crippen molar-refractivity contribution in [3.63, 3.8) is 0 Å². The van der Waals surface area contributed by atoms with Crippen molar-refractivity contribution in [2.45, 2.75) is 40.5 Å². The predicted octanol–water partition coefficient (Wildman–Crippen LogP) is 2.62. The molecule has 8 heteroatoms. The van der Waals surface area contributed by atoms with Gasteiger partial charge in [-0.3, -0.25) is 10.3 Å². The lowest BCUT2D eigenvalue weighted by molar-refractivity contribution is 0.0317. The summed E-state index contributed by atoms with van der Waals surface area (Å²) in [6.45, 7) is 15.0. The van der Waals surface area contributed by atoms with E-state index in [1.165, 1.54) is 0 Å². The van der Waals surface area contributed by atoms with E-state index in [-0.39, 0.29) is 0 Å². The van der Waals surface area contributed by atoms with E-state index in [4.69, 9.17) is 9.47 Å². The molecule has 8 nitrogen and oxygen atoms in total. The molecule has 1 aromatic heterocycles. The number of anilines is 2. The summed E-state index contributed by atoms with van der Waals surface area (Å²) in [5.74, 6) is 1.53. The Labute approximate surface area is 163 Å². The van der Waals surface area contributed by atoms with E-state index >= 15 is 0 Å². The molecule has 2 rings (SSSR count). The molecule has 0 unspecified atom stereocenters. The molecular formula is C19H34N6O2. The number of hydrogen-bond donors (Lipinski definition) is 1. The molecule has 0 aliphatic carbocycles. The van der Waals surface area contributed by atoms with Crippen LogP contribution in [0.3, 0.4) is 0 Å². The quantitative estimate of drug-likeness (QED) is 0.468. The van der Waals surface area contributed by atoms with Crippen molar-refractivity contribution < 1.29 is 9.47 Å². The van der Waals surface area contributed by atoms with Gasteiger partial charge in [-0.15, -0.1) is 0 Å². The van der Waals surface area contributed by atoms with Gasteiger partial charge in [0.15, 0.2) is 5.82 Å². The van der Waals surface area contributed by atoms with Crippen LogP contribution in [-0.4, -0.2) is 73.1 Å². The van der Waals surface area contributed by atoms with Crippen molar-refractivity contribution in [3.05, 3.63) is 6.07 Å². The second-order valence-corrected chi connectivity index (χ2v) is 6.85. The Bertz CT molecular complexity index is 580. The van der Waals surface area contributed by atoms with Crippen LogP contribution in [0, 0.1) is 0 Å². The van der Waals surface area contributed by atoms with Crippen molar-refractivity contribution in [1.29, 1.82) is 0 Å². The fraction of sp³-hybridized carbons (Fsp3) is 0.737. The van der Waals surface area contributed by atoms with Crippen LogP contribution in [0.2, 0.25) is 0 Å². The minimum absolute atomic E-state index is 0.393. The number of nitrogens with zero attached hydrogens (tertiary/aromatic N) is 5. The maximum Gasteiger partial charge on any atom is 0.320 e. The molecule has 1 saturated heterocycles. The van der Waals surface area contributed by atoms with Crippen LogP contribution in [0.1, 0.15) is 40.5 Å². The Morgan fingerprint density at radius 1 is 1.22 bits per heavy atom. The third kappa shape index (κ3) is 7.68. The third-order valence-corrected chi connectivity index (χ3v) is 4.14. The maximum atomic E-state index is 5.88. The van der Waals surface area contributed by atoms with Gasteiger partial charge in [0.2, 0.25) is 0 Å². The molecule has 0 atom stereocenters. The number of morpholine rings is 1. The smallest absolute Gasteiger partial charge is 0.320 e. The Balaban J connectivity index is 2.08. The molecule has 0 aromatic carbocycles. The van der Waals surface area contributed by atoms with E-state index in [1.54, 1.807) is 0 Å². The highest BCUT2D eigenvalue weighted by molar-refractivity contribution is 5.79. The zero-order valence-electron chi connectivity index (χ0n) is 17.2. The summed E-state index contributed by atoms with van der Waals surface area (Å²) in [6.07, 6.45) is 2.12. The van der Waals surface area contributed by atoms with Crippen LogP contribution < -0.4 is 15.1 Å². The molecular weight excluding hydrogens is 344 g/mol. The minimum atomic E-state index is 0.393. The molecule has 1 aromatic rings. The summed E-state index contributed by atoms with van der Waals surface area (Å²) < 4.78 is 11.3. The fourth-order valence-corrected chi connectivity index (χ4v) is 2.84. The molecule has 0 saturated carbocycles. The minimum Gasteiger partial charge on any atom is -0.462 e. The van der Waals surface area contributed by atoms with Gasteiger partial charge < -0.3 is 14.4 Å². The largest absolute Gasteiger partial charge is 0.462 e. The number of hydrazone groups is 1. The first-order valence-electron chi connectivity index (χ1n) is 9.96. The zero-order chi connectivity index (χ0) is 19.5. The van der Waals surface area contributed by atoms with Crippen LogP contribution >= 0.6 is 0 Å². The Morgan fingerprint density at radius 3 is 2.56 bits per heavy atom. The monoisotopic (exact) mass is 378 g/mol. The average molecular weight is 379 g/mol. The second-order valence-electron chi connectivity index (χ2n) is 6.85. The summed E-state index contributed by atoms with van der Waals surface area (Å²) in [5.41, 5.74) is 3.94. The molecule has 0 radical (unpaired) electrons. The molecule has 1 aliphatic rings. The van der Waals surface area contributed by atoms with Gasteiger partial charge in [0, 0.05) is 44.5 Å². The first-order valence-corrected chi connectivity index (χ1v) is 9.96. The molecule has 0 spiro atoms. The standard InChI is InChI=1S/C19H34N6O2/c1-5-7-25(8-6-2)18-15-17(23-22-16(3)4)20-19(21-18)27-14-11-24-9-12-26-13-10-24/h15H,5-14H2,1-4H3,(H,20,21,23). The first-order chi connectivity index (χ1) is 13.1. The lowest BCUT2D eigenvalue weighted by atomic mass is 10.3. The van der Waals surface area contributed by atoms with Crippen LogP contribution in [0.25, 0.3) is 0 Å². The van der Waals surface area contributed by atoms with Crippen LogP contribution in [0.5, 0.6) is 6.01 Å². The molecule has 1 aliphatic heterocycles. The summed E-state index contributed by atoms with van der Waals surface area (Å²) in [7, 11) is 0. The van der Waals surface area contributed by atoms with Crippen molar-refractivity contribution in [3.8, 4) is 6.01 Å². The SMILES string of the molecule is CCCN(CCC)c1cc(NN=C(C)C)nc(OCCN2CCOCC2)n1. The highest BCUT2D eigenvalue weighted by Crippen LogP contribution is 2.20. The molecule has 0 amide bonds. The number of hydrogen-bond acceptors (Lipinski definition) is 8. The average Bonchev–Trinajstić information content (AvgIpc) is 2.67. The first kappa shape index (κ1) is 21.4. The van der Waals surface area contributed by atoms with Gasteiger partial charge in [0.05, 0.1) is 13.2 Å². The van der Waals surface area contributed by atoms with Gasteiger partial charge in [-0.25, -0.2) is 0 Å². The van der Waals surface area contributed by atoms with Crippen LogP contribution in [-0.2, 0) is 4.74 Å². The molecule has 1 fully saturated rings.